The highest BCUT2D eigenvalue weighted by atomic mass is 35.5. The second kappa shape index (κ2) is 4.18. The van der Waals surface area contributed by atoms with Crippen molar-refractivity contribution in [2.75, 3.05) is 25.2 Å². The number of hydrogen-bond donors (Lipinski definition) is 1. The molecule has 2 aliphatic heterocycles. The molecule has 1 aromatic rings. The van der Waals surface area contributed by atoms with Crippen molar-refractivity contribution in [3.05, 3.63) is 40.2 Å². The highest BCUT2D eigenvalue weighted by Crippen LogP contribution is 2.35. The van der Waals surface area contributed by atoms with Gasteiger partial charge in [-0.05, 0) is 12.1 Å². The summed E-state index contributed by atoms with van der Waals surface area (Å²) in [7, 11) is 1.71. The van der Waals surface area contributed by atoms with Gasteiger partial charge in [0.05, 0.1) is 35.2 Å². The van der Waals surface area contributed by atoms with Crippen LogP contribution in [0.15, 0.2) is 29.6 Å². The van der Waals surface area contributed by atoms with Gasteiger partial charge in [-0.3, -0.25) is 4.79 Å². The van der Waals surface area contributed by atoms with Crippen molar-refractivity contribution >= 4 is 23.2 Å². The molecule has 0 radical (unpaired) electrons. The number of anilines is 1. The van der Waals surface area contributed by atoms with Crippen molar-refractivity contribution < 1.29 is 4.79 Å². The van der Waals surface area contributed by atoms with E-state index in [-0.39, 0.29) is 5.91 Å². The molecule has 0 atom stereocenters. The average molecular weight is 275 g/mol. The summed E-state index contributed by atoms with van der Waals surface area (Å²) < 4.78 is 0. The van der Waals surface area contributed by atoms with E-state index in [0.29, 0.717) is 29.5 Å². The van der Waals surface area contributed by atoms with Crippen LogP contribution >= 0.6 is 11.6 Å². The zero-order valence-corrected chi connectivity index (χ0v) is 11.0. The number of carbonyl (C=O) groups excluding carboxylic acids is 1. The van der Waals surface area contributed by atoms with Crippen LogP contribution in [0.3, 0.4) is 0 Å². The van der Waals surface area contributed by atoms with Gasteiger partial charge in [0.25, 0.3) is 5.91 Å². The van der Waals surface area contributed by atoms with E-state index < -0.39 is 0 Å². The van der Waals surface area contributed by atoms with E-state index >= 15 is 0 Å². The molecule has 1 N–H and O–H groups in total. The van der Waals surface area contributed by atoms with E-state index in [1.165, 1.54) is 0 Å². The number of nitrogens with zero attached hydrogens (tertiary/aromatic N) is 3. The van der Waals surface area contributed by atoms with E-state index in [0.717, 1.165) is 11.4 Å². The van der Waals surface area contributed by atoms with Crippen molar-refractivity contribution in [3.63, 3.8) is 0 Å². The number of fused-ring (bicyclic) bond motifs is 3. The highest BCUT2D eigenvalue weighted by Gasteiger charge is 2.33. The van der Waals surface area contributed by atoms with E-state index in [1.807, 2.05) is 17.0 Å². The van der Waals surface area contributed by atoms with Crippen LogP contribution in [0.25, 0.3) is 0 Å². The number of likely N-dealkylation sites (N-methyl/N-ethyl adjacent to an activating group) is 1. The molecule has 0 unspecified atom stereocenters. The number of rotatable bonds is 0. The molecule has 0 saturated heterocycles. The van der Waals surface area contributed by atoms with Crippen molar-refractivity contribution in [1.29, 1.82) is 5.26 Å². The Morgan fingerprint density at radius 1 is 1.47 bits per heavy atom. The van der Waals surface area contributed by atoms with Crippen molar-refractivity contribution in [3.8, 4) is 6.07 Å². The molecule has 0 fully saturated rings. The molecule has 0 aliphatic carbocycles. The number of hydrogen-bond acceptors (Lipinski definition) is 4. The molecule has 0 bridgehead atoms. The first-order chi connectivity index (χ1) is 9.13. The monoisotopic (exact) mass is 274 g/mol. The molecule has 19 heavy (non-hydrogen) atoms. The molecule has 3 rings (SSSR count). The molecule has 1 aromatic carbocycles. The molecule has 0 saturated carbocycles. The normalized spacial score (nSPS) is 17.6. The number of amides is 1. The van der Waals surface area contributed by atoms with Crippen molar-refractivity contribution in [2.24, 2.45) is 0 Å². The second-order valence-electron chi connectivity index (χ2n) is 4.49. The molecule has 0 spiro atoms. The zero-order chi connectivity index (χ0) is 13.6. The number of nitrogens with one attached hydrogen (secondary N) is 1. The van der Waals surface area contributed by atoms with Gasteiger partial charge in [-0.2, -0.15) is 5.26 Å². The summed E-state index contributed by atoms with van der Waals surface area (Å²) in [4.78, 5) is 15.9. The fourth-order valence-electron chi connectivity index (χ4n) is 2.43. The Hall–Kier alpha value is -2.19. The minimum Gasteiger partial charge on any atom is -0.357 e. The zero-order valence-electron chi connectivity index (χ0n) is 10.3. The lowest BCUT2D eigenvalue weighted by Crippen LogP contribution is -2.28. The quantitative estimate of drug-likeness (QED) is 0.779. The van der Waals surface area contributed by atoms with Crippen molar-refractivity contribution in [2.45, 2.75) is 0 Å². The van der Waals surface area contributed by atoms with Gasteiger partial charge in [0, 0.05) is 7.05 Å². The number of allylic oxidation sites excluding steroid dienone is 1. The second-order valence-corrected chi connectivity index (χ2v) is 4.90. The number of nitriles is 1. The molecule has 6 heteroatoms. The van der Waals surface area contributed by atoms with Gasteiger partial charge in [-0.1, -0.05) is 17.7 Å². The molecule has 2 heterocycles. The first kappa shape index (κ1) is 11.9. The predicted octanol–water partition coefficient (Wildman–Crippen LogP) is 1.53. The summed E-state index contributed by atoms with van der Waals surface area (Å²) in [5.41, 5.74) is 2.55. The van der Waals surface area contributed by atoms with Crippen LogP contribution in [0.5, 0.6) is 0 Å². The lowest BCUT2D eigenvalue weighted by molar-refractivity contribution is 0.0811. The van der Waals surface area contributed by atoms with E-state index in [4.69, 9.17) is 16.9 Å². The van der Waals surface area contributed by atoms with Crippen LogP contribution in [0, 0.1) is 11.3 Å². The summed E-state index contributed by atoms with van der Waals surface area (Å²) in [5, 5.41) is 12.6. The summed E-state index contributed by atoms with van der Waals surface area (Å²) in [5.74, 6) is -0.125. The largest absolute Gasteiger partial charge is 0.357 e. The third kappa shape index (κ3) is 1.65. The van der Waals surface area contributed by atoms with Crippen LogP contribution in [0.1, 0.15) is 10.4 Å². The van der Waals surface area contributed by atoms with Gasteiger partial charge in [0.15, 0.2) is 0 Å². The van der Waals surface area contributed by atoms with Crippen LogP contribution < -0.4 is 10.2 Å². The first-order valence-electron chi connectivity index (χ1n) is 5.82. The van der Waals surface area contributed by atoms with Gasteiger partial charge >= 0.3 is 0 Å². The summed E-state index contributed by atoms with van der Waals surface area (Å²) >= 11 is 6.16. The Labute approximate surface area is 115 Å². The Kier molecular flexibility index (Phi) is 2.61. The maximum Gasteiger partial charge on any atom is 0.257 e. The SMILES string of the molecule is CN1CC2=C(C#N)NCN2c2cccc(Cl)c2C1=O. The standard InChI is InChI=1S/C13H11ClN4O/c1-17-6-11-9(5-15)16-7-18(11)10-4-2-3-8(14)12(10)13(17)19/h2-4,16H,6-7H2,1H3. The molecule has 1 amide bonds. The lowest BCUT2D eigenvalue weighted by atomic mass is 10.1. The Morgan fingerprint density at radius 2 is 2.26 bits per heavy atom. The maximum atomic E-state index is 12.4. The Morgan fingerprint density at radius 3 is 3.00 bits per heavy atom. The van der Waals surface area contributed by atoms with E-state index in [9.17, 15) is 4.79 Å². The molecular weight excluding hydrogens is 264 g/mol. The maximum absolute atomic E-state index is 12.4. The van der Waals surface area contributed by atoms with Crippen LogP contribution in [0.2, 0.25) is 5.02 Å². The fraction of sp³-hybridized carbons (Fsp3) is 0.231. The minimum absolute atomic E-state index is 0.125. The Bertz CT molecular complexity index is 647. The first-order valence-corrected chi connectivity index (χ1v) is 6.20. The van der Waals surface area contributed by atoms with Gasteiger partial charge in [-0.25, -0.2) is 0 Å². The summed E-state index contributed by atoms with van der Waals surface area (Å²) in [6, 6.07) is 7.49. The third-order valence-electron chi connectivity index (χ3n) is 3.37. The van der Waals surface area contributed by atoms with E-state index in [2.05, 4.69) is 11.4 Å². The lowest BCUT2D eigenvalue weighted by Gasteiger charge is -2.20. The molecule has 2 aliphatic rings. The van der Waals surface area contributed by atoms with Crippen LogP contribution in [0.4, 0.5) is 5.69 Å². The third-order valence-corrected chi connectivity index (χ3v) is 3.69. The van der Waals surface area contributed by atoms with E-state index in [1.54, 1.807) is 18.0 Å². The average Bonchev–Trinajstić information content (AvgIpc) is 2.75. The number of benzene rings is 1. The topological polar surface area (TPSA) is 59.4 Å². The van der Waals surface area contributed by atoms with Crippen LogP contribution in [-0.4, -0.2) is 31.1 Å². The van der Waals surface area contributed by atoms with Crippen LogP contribution in [-0.2, 0) is 0 Å². The molecular formula is C13H11ClN4O. The smallest absolute Gasteiger partial charge is 0.257 e. The fourth-order valence-corrected chi connectivity index (χ4v) is 2.68. The predicted molar refractivity (Wildman–Crippen MR) is 71.5 cm³/mol. The van der Waals surface area contributed by atoms with Gasteiger partial charge in [0.1, 0.15) is 11.8 Å². The summed E-state index contributed by atoms with van der Waals surface area (Å²) in [6.45, 7) is 0.867. The minimum atomic E-state index is -0.125. The molecule has 5 nitrogen and oxygen atoms in total. The van der Waals surface area contributed by atoms with Gasteiger partial charge < -0.3 is 15.1 Å². The summed E-state index contributed by atoms with van der Waals surface area (Å²) in [6.07, 6.45) is 0. The molecule has 0 aromatic heterocycles. The highest BCUT2D eigenvalue weighted by molar-refractivity contribution is 6.34. The number of halogens is 1. The Balaban J connectivity index is 2.26. The molecule has 96 valence electrons. The van der Waals surface area contributed by atoms with Gasteiger partial charge in [-0.15, -0.1) is 0 Å². The number of carbonyl (C=O) groups is 1. The van der Waals surface area contributed by atoms with Crippen molar-refractivity contribution in [1.82, 2.24) is 10.2 Å². The van der Waals surface area contributed by atoms with Gasteiger partial charge in [0.2, 0.25) is 0 Å².